The Morgan fingerprint density at radius 1 is 1.06 bits per heavy atom. The molecule has 8 atom stereocenters. The molecule has 0 bridgehead atoms. The predicted octanol–water partition coefficient (Wildman–Crippen LogP) is 5.34. The topological polar surface area (TPSA) is 49.4 Å². The van der Waals surface area contributed by atoms with Gasteiger partial charge in [-0.25, -0.2) is 8.78 Å². The first-order valence-electron chi connectivity index (χ1n) is 12.8. The van der Waals surface area contributed by atoms with E-state index in [9.17, 15) is 18.4 Å². The highest BCUT2D eigenvalue weighted by Gasteiger charge is 2.61. The first-order valence-corrected chi connectivity index (χ1v) is 12.8. The highest BCUT2D eigenvalue weighted by Crippen LogP contribution is 2.65. The quantitative estimate of drug-likeness (QED) is 0.648. The van der Waals surface area contributed by atoms with Crippen molar-refractivity contribution in [1.29, 1.82) is 0 Å². The Labute approximate surface area is 201 Å². The van der Waals surface area contributed by atoms with Gasteiger partial charge in [-0.2, -0.15) is 0 Å². The van der Waals surface area contributed by atoms with E-state index in [-0.39, 0.29) is 34.4 Å². The Hall–Kier alpha value is -2.24. The van der Waals surface area contributed by atoms with E-state index in [1.165, 1.54) is 0 Å². The largest absolute Gasteiger partial charge is 0.349 e. The molecule has 3 saturated carbocycles. The average molecular weight is 471 g/mol. The number of halogens is 2. The summed E-state index contributed by atoms with van der Waals surface area (Å²) in [7, 11) is 1.95. The number of benzene rings is 1. The standard InChI is InChI=1S/C28H36F2N2O2/c1-16(31-26(34)17-13-18(29)15-19(30)14-17)21-6-7-22-20-5-8-24-28(3,12-10-25(33)32(24)4)23(20)9-11-27(21,22)2/h10,12-16,20-24H,5-9,11H2,1-4H3,(H,31,34)/t16?,20-,21+,22-,23-,24?,27+,28+/m0/s1. The van der Waals surface area contributed by atoms with Crippen molar-refractivity contribution < 1.29 is 18.4 Å². The van der Waals surface area contributed by atoms with Crippen molar-refractivity contribution in [3.63, 3.8) is 0 Å². The molecule has 1 heterocycles. The second-order valence-electron chi connectivity index (χ2n) is 11.8. The summed E-state index contributed by atoms with van der Waals surface area (Å²) in [5.41, 5.74) is 0.179. The van der Waals surface area contributed by atoms with Crippen molar-refractivity contribution >= 4 is 11.8 Å². The summed E-state index contributed by atoms with van der Waals surface area (Å²) in [6.07, 6.45) is 10.6. The van der Waals surface area contributed by atoms with Crippen LogP contribution in [-0.2, 0) is 4.79 Å². The van der Waals surface area contributed by atoms with Gasteiger partial charge in [-0.15, -0.1) is 0 Å². The van der Waals surface area contributed by atoms with Gasteiger partial charge >= 0.3 is 0 Å². The molecule has 1 aliphatic heterocycles. The number of amides is 2. The van der Waals surface area contributed by atoms with E-state index in [4.69, 9.17) is 0 Å². The Morgan fingerprint density at radius 2 is 1.76 bits per heavy atom. The Morgan fingerprint density at radius 3 is 2.47 bits per heavy atom. The molecule has 1 aromatic carbocycles. The third-order valence-corrected chi connectivity index (χ3v) is 10.3. The number of likely N-dealkylation sites (N-methyl/N-ethyl adjacent to an activating group) is 1. The van der Waals surface area contributed by atoms with Crippen LogP contribution in [0.3, 0.4) is 0 Å². The molecule has 0 radical (unpaired) electrons. The van der Waals surface area contributed by atoms with Crippen LogP contribution in [0.2, 0.25) is 0 Å². The molecule has 0 spiro atoms. The van der Waals surface area contributed by atoms with Gasteiger partial charge in [0.1, 0.15) is 11.6 Å². The smallest absolute Gasteiger partial charge is 0.251 e. The fourth-order valence-electron chi connectivity index (χ4n) is 8.68. The summed E-state index contributed by atoms with van der Waals surface area (Å²) in [6, 6.07) is 3.17. The van der Waals surface area contributed by atoms with Crippen LogP contribution in [0.5, 0.6) is 0 Å². The number of carbonyl (C=O) groups excluding carboxylic acids is 2. The predicted molar refractivity (Wildman–Crippen MR) is 127 cm³/mol. The van der Waals surface area contributed by atoms with Crippen molar-refractivity contribution in [2.75, 3.05) is 7.05 Å². The minimum atomic E-state index is -0.739. The molecule has 1 aromatic rings. The third kappa shape index (κ3) is 3.51. The monoisotopic (exact) mass is 470 g/mol. The zero-order valence-corrected chi connectivity index (χ0v) is 20.6. The van der Waals surface area contributed by atoms with Crippen LogP contribution in [0.15, 0.2) is 30.4 Å². The maximum absolute atomic E-state index is 13.6. The second kappa shape index (κ2) is 8.17. The van der Waals surface area contributed by atoms with Crippen LogP contribution in [0.4, 0.5) is 8.78 Å². The number of hydrogen-bond donors (Lipinski definition) is 1. The van der Waals surface area contributed by atoms with Crippen molar-refractivity contribution in [2.45, 2.75) is 71.4 Å². The molecule has 0 saturated heterocycles. The summed E-state index contributed by atoms with van der Waals surface area (Å²) in [6.45, 7) is 6.79. The van der Waals surface area contributed by atoms with Gasteiger partial charge in [-0.05, 0) is 92.7 Å². The number of nitrogens with zero attached hydrogens (tertiary/aromatic N) is 1. The lowest BCUT2D eigenvalue weighted by Crippen LogP contribution is -2.60. The molecule has 6 heteroatoms. The lowest BCUT2D eigenvalue weighted by molar-refractivity contribution is -0.139. The van der Waals surface area contributed by atoms with E-state index in [0.29, 0.717) is 23.7 Å². The normalized spacial score (nSPS) is 39.8. The summed E-state index contributed by atoms with van der Waals surface area (Å²) >= 11 is 0. The fourth-order valence-corrected chi connectivity index (χ4v) is 8.68. The summed E-state index contributed by atoms with van der Waals surface area (Å²) < 4.78 is 27.2. The van der Waals surface area contributed by atoms with Crippen molar-refractivity contribution in [3.05, 3.63) is 47.5 Å². The van der Waals surface area contributed by atoms with Crippen molar-refractivity contribution in [1.82, 2.24) is 10.2 Å². The molecule has 3 fully saturated rings. The molecule has 4 aliphatic rings. The minimum absolute atomic E-state index is 0.0201. The van der Waals surface area contributed by atoms with Gasteiger partial charge in [0.25, 0.3) is 5.91 Å². The number of nitrogens with one attached hydrogen (secondary N) is 1. The number of rotatable bonds is 3. The van der Waals surface area contributed by atoms with Crippen molar-refractivity contribution in [3.8, 4) is 0 Å². The molecular formula is C28H36F2N2O2. The Kier molecular flexibility index (Phi) is 5.64. The average Bonchev–Trinajstić information content (AvgIpc) is 3.13. The molecule has 5 rings (SSSR count). The molecule has 184 valence electrons. The van der Waals surface area contributed by atoms with Crippen LogP contribution in [-0.4, -0.2) is 35.8 Å². The molecule has 34 heavy (non-hydrogen) atoms. The molecule has 2 unspecified atom stereocenters. The van der Waals surface area contributed by atoms with E-state index in [2.05, 4.69) is 25.2 Å². The fraction of sp³-hybridized carbons (Fsp3) is 0.643. The molecule has 1 N–H and O–H groups in total. The zero-order valence-electron chi connectivity index (χ0n) is 20.6. The van der Waals surface area contributed by atoms with Gasteiger partial charge in [0, 0.05) is 36.2 Å². The van der Waals surface area contributed by atoms with Gasteiger partial charge in [0.05, 0.1) is 0 Å². The minimum Gasteiger partial charge on any atom is -0.349 e. The number of fused-ring (bicyclic) bond motifs is 5. The van der Waals surface area contributed by atoms with Crippen LogP contribution in [0.25, 0.3) is 0 Å². The number of carbonyl (C=O) groups is 2. The van der Waals surface area contributed by atoms with E-state index in [1.54, 1.807) is 6.08 Å². The van der Waals surface area contributed by atoms with Gasteiger partial charge in [0.2, 0.25) is 5.91 Å². The lowest BCUT2D eigenvalue weighted by atomic mass is 9.47. The van der Waals surface area contributed by atoms with Gasteiger partial charge in [-0.1, -0.05) is 19.9 Å². The molecule has 4 nitrogen and oxygen atoms in total. The summed E-state index contributed by atoms with van der Waals surface area (Å²) in [4.78, 5) is 27.0. The maximum Gasteiger partial charge on any atom is 0.251 e. The molecule has 3 aliphatic carbocycles. The molecule has 0 aromatic heterocycles. The third-order valence-electron chi connectivity index (χ3n) is 10.3. The van der Waals surface area contributed by atoms with Crippen molar-refractivity contribution in [2.24, 2.45) is 34.5 Å². The van der Waals surface area contributed by atoms with Gasteiger partial charge < -0.3 is 10.2 Å². The van der Waals surface area contributed by atoms with Gasteiger partial charge in [0.15, 0.2) is 0 Å². The molecule has 2 amide bonds. The highest BCUT2D eigenvalue weighted by atomic mass is 19.1. The first-order chi connectivity index (χ1) is 16.0. The lowest BCUT2D eigenvalue weighted by Gasteiger charge is -2.60. The summed E-state index contributed by atoms with van der Waals surface area (Å²) in [5, 5.41) is 3.06. The van der Waals surface area contributed by atoms with E-state index in [0.717, 1.165) is 56.7 Å². The first kappa shape index (κ1) is 23.5. The zero-order chi connectivity index (χ0) is 24.4. The van der Waals surface area contributed by atoms with E-state index < -0.39 is 17.5 Å². The Balaban J connectivity index is 1.34. The van der Waals surface area contributed by atoms with E-state index in [1.807, 2.05) is 18.9 Å². The van der Waals surface area contributed by atoms with Crippen LogP contribution in [0.1, 0.15) is 69.7 Å². The molecular weight excluding hydrogens is 434 g/mol. The Bertz CT molecular complexity index is 1020. The number of hydrogen-bond acceptors (Lipinski definition) is 2. The second-order valence-corrected chi connectivity index (χ2v) is 11.8. The van der Waals surface area contributed by atoms with Crippen LogP contribution >= 0.6 is 0 Å². The van der Waals surface area contributed by atoms with Crippen LogP contribution < -0.4 is 5.32 Å². The SMILES string of the molecule is CC(NC(=O)c1cc(F)cc(F)c1)[C@H]1CC[C@H]2[C@@H]3CCC4N(C)C(=O)C=C[C@]4(C)[C@H]3CC[C@]12C. The van der Waals surface area contributed by atoms with E-state index >= 15 is 0 Å². The van der Waals surface area contributed by atoms with Crippen LogP contribution in [0, 0.1) is 46.1 Å². The highest BCUT2D eigenvalue weighted by molar-refractivity contribution is 5.94. The summed E-state index contributed by atoms with van der Waals surface area (Å²) in [5.74, 6) is 0.333. The maximum atomic E-state index is 13.6. The van der Waals surface area contributed by atoms with Gasteiger partial charge in [-0.3, -0.25) is 9.59 Å².